The van der Waals surface area contributed by atoms with Crippen molar-refractivity contribution in [1.29, 1.82) is 0 Å². The number of carbonyl (C=O) groups excluding carboxylic acids is 1. The van der Waals surface area contributed by atoms with Crippen LogP contribution in [0.5, 0.6) is 5.75 Å². The summed E-state index contributed by atoms with van der Waals surface area (Å²) in [5, 5.41) is 11.5. The molecular weight excluding hydrogens is 424 g/mol. The number of fused-ring (bicyclic) bond motifs is 1. The Morgan fingerprint density at radius 2 is 1.91 bits per heavy atom. The van der Waals surface area contributed by atoms with Crippen molar-refractivity contribution in [1.82, 2.24) is 4.98 Å². The molecule has 3 aromatic rings. The SMILES string of the molecule is CCC(O)=C1C(=O)CC(C)(C)CC1=NCCc1c(C)[nH]c2ccc(OCc3ccccc3)cc12. The van der Waals surface area contributed by atoms with Gasteiger partial charge in [-0.1, -0.05) is 51.1 Å². The number of hydrogen-bond donors (Lipinski definition) is 2. The number of carbonyl (C=O) groups is 1. The van der Waals surface area contributed by atoms with Crippen LogP contribution in [0.2, 0.25) is 0 Å². The average Bonchev–Trinajstić information content (AvgIpc) is 3.11. The van der Waals surface area contributed by atoms with Crippen LogP contribution in [0.3, 0.4) is 0 Å². The molecule has 0 unspecified atom stereocenters. The Labute approximate surface area is 201 Å². The highest BCUT2D eigenvalue weighted by molar-refractivity contribution is 6.24. The number of aryl methyl sites for hydroxylation is 1. The monoisotopic (exact) mass is 458 g/mol. The first-order valence-electron chi connectivity index (χ1n) is 12.0. The maximum absolute atomic E-state index is 12.7. The Morgan fingerprint density at radius 3 is 2.65 bits per heavy atom. The molecule has 4 rings (SSSR count). The standard InChI is InChI=1S/C29H34N2O3/c1-5-26(32)28-25(16-29(3,4)17-27(28)33)30-14-13-22-19(2)31-24-12-11-21(15-23(22)24)34-18-20-9-7-6-8-10-20/h6-12,15,31-32H,5,13-14,16-18H2,1-4H3. The van der Waals surface area contributed by atoms with Gasteiger partial charge in [0.15, 0.2) is 5.78 Å². The lowest BCUT2D eigenvalue weighted by atomic mass is 9.73. The van der Waals surface area contributed by atoms with Gasteiger partial charge >= 0.3 is 0 Å². The molecule has 0 saturated heterocycles. The minimum Gasteiger partial charge on any atom is -0.512 e. The molecule has 1 aromatic heterocycles. The number of aliphatic hydroxyl groups is 1. The molecular formula is C29H34N2O3. The van der Waals surface area contributed by atoms with Crippen LogP contribution < -0.4 is 4.74 Å². The van der Waals surface area contributed by atoms with E-state index in [4.69, 9.17) is 9.73 Å². The predicted molar refractivity (Wildman–Crippen MR) is 138 cm³/mol. The van der Waals surface area contributed by atoms with Crippen molar-refractivity contribution in [3.8, 4) is 5.75 Å². The quantitative estimate of drug-likeness (QED) is 0.307. The van der Waals surface area contributed by atoms with Crippen molar-refractivity contribution < 1.29 is 14.6 Å². The molecule has 34 heavy (non-hydrogen) atoms. The van der Waals surface area contributed by atoms with E-state index in [0.717, 1.165) is 40.0 Å². The van der Waals surface area contributed by atoms with Crippen LogP contribution >= 0.6 is 0 Å². The molecule has 5 nitrogen and oxygen atoms in total. The lowest BCUT2D eigenvalue weighted by Gasteiger charge is -2.31. The van der Waals surface area contributed by atoms with Gasteiger partial charge in [-0.25, -0.2) is 0 Å². The number of ether oxygens (including phenoxy) is 1. The molecule has 178 valence electrons. The van der Waals surface area contributed by atoms with Crippen molar-refractivity contribution in [2.24, 2.45) is 10.4 Å². The van der Waals surface area contributed by atoms with Gasteiger partial charge in [-0.15, -0.1) is 0 Å². The predicted octanol–water partition coefficient (Wildman–Crippen LogP) is 6.65. The lowest BCUT2D eigenvalue weighted by Crippen LogP contribution is -2.32. The van der Waals surface area contributed by atoms with Crippen LogP contribution in [0.25, 0.3) is 10.9 Å². The number of ketones is 1. The largest absolute Gasteiger partial charge is 0.512 e. The van der Waals surface area contributed by atoms with Gasteiger partial charge in [-0.05, 0) is 54.5 Å². The van der Waals surface area contributed by atoms with Gasteiger partial charge in [0.05, 0.1) is 5.57 Å². The van der Waals surface area contributed by atoms with Crippen LogP contribution in [-0.2, 0) is 17.8 Å². The number of nitrogens with one attached hydrogen (secondary N) is 1. The molecule has 0 atom stereocenters. The molecule has 0 spiro atoms. The van der Waals surface area contributed by atoms with Crippen molar-refractivity contribution in [3.63, 3.8) is 0 Å². The smallest absolute Gasteiger partial charge is 0.168 e. The number of aromatic nitrogens is 1. The minimum absolute atomic E-state index is 0.00201. The van der Waals surface area contributed by atoms with Gasteiger partial charge in [0, 0.05) is 41.7 Å². The number of allylic oxidation sites excluding steroid dienone is 2. The second-order valence-electron chi connectivity index (χ2n) is 9.90. The summed E-state index contributed by atoms with van der Waals surface area (Å²) >= 11 is 0. The first-order chi connectivity index (χ1) is 16.3. The van der Waals surface area contributed by atoms with Gasteiger partial charge in [-0.2, -0.15) is 0 Å². The number of aromatic amines is 1. The Hall–Kier alpha value is -3.34. The van der Waals surface area contributed by atoms with Gasteiger partial charge in [0.2, 0.25) is 0 Å². The van der Waals surface area contributed by atoms with E-state index in [1.807, 2.05) is 31.2 Å². The molecule has 1 heterocycles. The zero-order valence-electron chi connectivity index (χ0n) is 20.6. The number of Topliss-reactive ketones (excluding diaryl/α,β-unsaturated/α-hetero) is 1. The highest BCUT2D eigenvalue weighted by atomic mass is 16.5. The summed E-state index contributed by atoms with van der Waals surface area (Å²) in [4.78, 5) is 21.0. The molecule has 1 fully saturated rings. The molecule has 0 amide bonds. The van der Waals surface area contributed by atoms with Crippen LogP contribution in [0.1, 0.15) is 56.9 Å². The van der Waals surface area contributed by atoms with Crippen molar-refractivity contribution in [2.75, 3.05) is 6.54 Å². The number of hydrogen-bond acceptors (Lipinski definition) is 4. The van der Waals surface area contributed by atoms with Crippen LogP contribution in [0.4, 0.5) is 0 Å². The van der Waals surface area contributed by atoms with Crippen LogP contribution in [-0.4, -0.2) is 28.1 Å². The van der Waals surface area contributed by atoms with Gasteiger partial charge < -0.3 is 14.8 Å². The summed E-state index contributed by atoms with van der Waals surface area (Å²) in [5.74, 6) is 0.987. The summed E-state index contributed by atoms with van der Waals surface area (Å²) in [6.45, 7) is 9.19. The third kappa shape index (κ3) is 5.24. The first kappa shape index (κ1) is 23.8. The highest BCUT2D eigenvalue weighted by Gasteiger charge is 2.35. The number of rotatable bonds is 7. The normalized spacial score (nSPS) is 18.5. The third-order valence-corrected chi connectivity index (χ3v) is 6.48. The third-order valence-electron chi connectivity index (χ3n) is 6.48. The summed E-state index contributed by atoms with van der Waals surface area (Å²) in [7, 11) is 0. The fraction of sp³-hybridized carbons (Fsp3) is 0.379. The molecule has 2 N–H and O–H groups in total. The maximum Gasteiger partial charge on any atom is 0.168 e. The molecule has 0 radical (unpaired) electrons. The van der Waals surface area contributed by atoms with Crippen molar-refractivity contribution in [3.05, 3.63) is 76.7 Å². The van der Waals surface area contributed by atoms with Crippen molar-refractivity contribution in [2.45, 2.75) is 60.0 Å². The molecule has 0 aliphatic heterocycles. The number of aliphatic hydroxyl groups excluding tert-OH is 1. The van der Waals surface area contributed by atoms with E-state index in [1.54, 1.807) is 0 Å². The number of aliphatic imine (C=N–C) groups is 1. The number of H-pyrrole nitrogens is 1. The molecule has 1 aliphatic carbocycles. The summed E-state index contributed by atoms with van der Waals surface area (Å²) in [6, 6.07) is 16.3. The first-order valence-corrected chi connectivity index (χ1v) is 12.0. The minimum atomic E-state index is -0.144. The van der Waals surface area contributed by atoms with Crippen molar-refractivity contribution >= 4 is 22.4 Å². The fourth-order valence-corrected chi connectivity index (χ4v) is 4.74. The van der Waals surface area contributed by atoms with Gasteiger partial charge in [0.25, 0.3) is 0 Å². The average molecular weight is 459 g/mol. The van der Waals surface area contributed by atoms with E-state index in [2.05, 4.69) is 50.0 Å². The zero-order chi connectivity index (χ0) is 24.3. The topological polar surface area (TPSA) is 74.7 Å². The number of nitrogens with zero attached hydrogens (tertiary/aromatic N) is 1. The molecule has 1 aliphatic rings. The lowest BCUT2D eigenvalue weighted by molar-refractivity contribution is -0.117. The summed E-state index contributed by atoms with van der Waals surface area (Å²) in [5.41, 5.74) is 5.56. The second-order valence-corrected chi connectivity index (χ2v) is 9.90. The van der Waals surface area contributed by atoms with E-state index in [0.29, 0.717) is 38.0 Å². The molecule has 1 saturated carbocycles. The number of benzene rings is 2. The van der Waals surface area contributed by atoms with E-state index >= 15 is 0 Å². The molecule has 5 heteroatoms. The molecule has 2 aromatic carbocycles. The highest BCUT2D eigenvalue weighted by Crippen LogP contribution is 2.36. The Balaban J connectivity index is 1.54. The van der Waals surface area contributed by atoms with Gasteiger partial charge in [-0.3, -0.25) is 9.79 Å². The Bertz CT molecular complexity index is 1250. The molecule has 0 bridgehead atoms. The van der Waals surface area contributed by atoms with Gasteiger partial charge in [0.1, 0.15) is 18.1 Å². The summed E-state index contributed by atoms with van der Waals surface area (Å²) in [6.07, 6.45) is 2.32. The second kappa shape index (κ2) is 9.88. The fourth-order valence-electron chi connectivity index (χ4n) is 4.74. The van der Waals surface area contributed by atoms with Crippen LogP contribution in [0.15, 0.2) is 64.9 Å². The zero-order valence-corrected chi connectivity index (χ0v) is 20.6. The summed E-state index contributed by atoms with van der Waals surface area (Å²) < 4.78 is 6.04. The van der Waals surface area contributed by atoms with E-state index < -0.39 is 0 Å². The van der Waals surface area contributed by atoms with E-state index in [-0.39, 0.29) is 17.0 Å². The maximum atomic E-state index is 12.7. The van der Waals surface area contributed by atoms with Crippen LogP contribution in [0, 0.1) is 12.3 Å². The Morgan fingerprint density at radius 1 is 1.15 bits per heavy atom. The van der Waals surface area contributed by atoms with E-state index in [1.165, 1.54) is 5.56 Å². The van der Waals surface area contributed by atoms with E-state index in [9.17, 15) is 9.90 Å². The Kier molecular flexibility index (Phi) is 6.92.